The van der Waals surface area contributed by atoms with Crippen molar-refractivity contribution >= 4 is 17.1 Å². The van der Waals surface area contributed by atoms with Gasteiger partial charge in [0, 0.05) is 4.88 Å². The van der Waals surface area contributed by atoms with Crippen LogP contribution in [-0.2, 0) is 4.79 Å². The number of thiophene rings is 1. The van der Waals surface area contributed by atoms with Crippen molar-refractivity contribution in [1.29, 1.82) is 0 Å². The smallest absolute Gasteiger partial charge is 0.147 e. The van der Waals surface area contributed by atoms with E-state index in [1.807, 2.05) is 11.3 Å². The van der Waals surface area contributed by atoms with E-state index in [0.717, 1.165) is 12.5 Å². The normalized spacial score (nSPS) is 24.9. The third-order valence-electron chi connectivity index (χ3n) is 3.69. The van der Waals surface area contributed by atoms with E-state index in [1.165, 1.54) is 11.3 Å². The zero-order chi connectivity index (χ0) is 13.3. The highest BCUT2D eigenvalue weighted by Crippen LogP contribution is 2.48. The van der Waals surface area contributed by atoms with Gasteiger partial charge in [-0.3, -0.25) is 4.79 Å². The minimum Gasteiger partial charge on any atom is -0.307 e. The monoisotopic (exact) mass is 265 g/mol. The molecule has 2 nitrogen and oxygen atoms in total. The van der Waals surface area contributed by atoms with Crippen molar-refractivity contribution in [2.24, 2.45) is 11.3 Å². The molecular formula is C15H23NOS. The van der Waals surface area contributed by atoms with E-state index in [-0.39, 0.29) is 17.2 Å². The second kappa shape index (κ2) is 5.14. The zero-order valence-electron chi connectivity index (χ0n) is 11.7. The average molecular weight is 265 g/mol. The molecule has 3 heteroatoms. The van der Waals surface area contributed by atoms with E-state index in [9.17, 15) is 4.79 Å². The van der Waals surface area contributed by atoms with Gasteiger partial charge in [0.1, 0.15) is 5.78 Å². The van der Waals surface area contributed by atoms with Gasteiger partial charge in [-0.1, -0.05) is 26.8 Å². The van der Waals surface area contributed by atoms with E-state index in [1.54, 1.807) is 6.92 Å². The first-order chi connectivity index (χ1) is 8.39. The molecule has 3 atom stereocenters. The molecular weight excluding hydrogens is 242 g/mol. The minimum atomic E-state index is -0.0258. The molecule has 1 saturated carbocycles. The summed E-state index contributed by atoms with van der Waals surface area (Å²) in [6.07, 6.45) is 1.27. The van der Waals surface area contributed by atoms with Crippen molar-refractivity contribution < 1.29 is 4.79 Å². The van der Waals surface area contributed by atoms with Crippen LogP contribution in [0.1, 0.15) is 44.9 Å². The van der Waals surface area contributed by atoms with E-state index >= 15 is 0 Å². The largest absolute Gasteiger partial charge is 0.307 e. The van der Waals surface area contributed by atoms with Crippen LogP contribution in [-0.4, -0.2) is 18.4 Å². The van der Waals surface area contributed by atoms with Gasteiger partial charge < -0.3 is 5.32 Å². The molecule has 1 fully saturated rings. The Labute approximate surface area is 114 Å². The lowest BCUT2D eigenvalue weighted by Gasteiger charge is -2.29. The summed E-state index contributed by atoms with van der Waals surface area (Å²) in [6.45, 7) is 9.01. The summed E-state index contributed by atoms with van der Waals surface area (Å²) in [6, 6.07) is 4.32. The van der Waals surface area contributed by atoms with E-state index in [2.05, 4.69) is 43.6 Å². The summed E-state index contributed by atoms with van der Waals surface area (Å²) in [5.41, 5.74) is -0.000841. The van der Waals surface area contributed by atoms with Crippen LogP contribution in [0.15, 0.2) is 17.5 Å². The minimum absolute atomic E-state index is 0.000841. The first kappa shape index (κ1) is 13.8. The van der Waals surface area contributed by atoms with Crippen LogP contribution in [0.5, 0.6) is 0 Å². The van der Waals surface area contributed by atoms with Gasteiger partial charge in [0.2, 0.25) is 0 Å². The van der Waals surface area contributed by atoms with Gasteiger partial charge in [-0.25, -0.2) is 0 Å². The number of nitrogens with one attached hydrogen (secondary N) is 1. The fraction of sp³-hybridized carbons (Fsp3) is 0.667. The van der Waals surface area contributed by atoms with Crippen LogP contribution in [0.3, 0.4) is 0 Å². The number of hydrogen-bond acceptors (Lipinski definition) is 3. The molecule has 1 heterocycles. The molecule has 18 heavy (non-hydrogen) atoms. The molecule has 1 aromatic heterocycles. The maximum absolute atomic E-state index is 11.7. The van der Waals surface area contributed by atoms with Gasteiger partial charge in [-0.2, -0.15) is 0 Å². The second-order valence-electron chi connectivity index (χ2n) is 6.44. The van der Waals surface area contributed by atoms with Crippen molar-refractivity contribution in [1.82, 2.24) is 5.32 Å². The standard InChI is InChI=1S/C15H23NOS/c1-10(17)14(15(2,3)4)16-9-11-8-12(11)13-6-5-7-18-13/h5-7,11-12,14,16H,8-9H2,1-4H3/t11?,12-,14+/m0/s1. The van der Waals surface area contributed by atoms with E-state index < -0.39 is 0 Å². The highest BCUT2D eigenvalue weighted by molar-refractivity contribution is 7.10. The number of Topliss-reactive ketones (excluding diaryl/α,β-unsaturated/α-hetero) is 1. The maximum atomic E-state index is 11.7. The molecule has 100 valence electrons. The number of carbonyl (C=O) groups is 1. The van der Waals surface area contributed by atoms with Crippen molar-refractivity contribution in [2.75, 3.05) is 6.54 Å². The Morgan fingerprint density at radius 3 is 2.78 bits per heavy atom. The Kier molecular flexibility index (Phi) is 3.93. The Morgan fingerprint density at radius 1 is 1.56 bits per heavy atom. The first-order valence-electron chi connectivity index (χ1n) is 6.67. The predicted molar refractivity (Wildman–Crippen MR) is 77.1 cm³/mol. The van der Waals surface area contributed by atoms with Gasteiger partial charge in [-0.05, 0) is 48.6 Å². The summed E-state index contributed by atoms with van der Waals surface area (Å²) in [5.74, 6) is 1.69. The van der Waals surface area contributed by atoms with E-state index in [4.69, 9.17) is 0 Å². The Morgan fingerprint density at radius 2 is 2.28 bits per heavy atom. The number of ketones is 1. The van der Waals surface area contributed by atoms with Gasteiger partial charge >= 0.3 is 0 Å². The summed E-state index contributed by atoms with van der Waals surface area (Å²) in [4.78, 5) is 13.2. The lowest BCUT2D eigenvalue weighted by Crippen LogP contribution is -2.46. The van der Waals surface area contributed by atoms with Crippen LogP contribution >= 0.6 is 11.3 Å². The van der Waals surface area contributed by atoms with Crippen LogP contribution in [0.4, 0.5) is 0 Å². The number of rotatable bonds is 5. The topological polar surface area (TPSA) is 29.1 Å². The molecule has 1 aromatic rings. The Hall–Kier alpha value is -0.670. The number of hydrogen-bond donors (Lipinski definition) is 1. The quantitative estimate of drug-likeness (QED) is 0.883. The molecule has 1 N–H and O–H groups in total. The molecule has 0 aromatic carbocycles. The molecule has 1 unspecified atom stereocenters. The molecule has 0 amide bonds. The Balaban J connectivity index is 1.84. The molecule has 0 aliphatic heterocycles. The summed E-state index contributed by atoms with van der Waals surface area (Å²) in [7, 11) is 0. The third kappa shape index (κ3) is 3.21. The summed E-state index contributed by atoms with van der Waals surface area (Å²) < 4.78 is 0. The van der Waals surface area contributed by atoms with Crippen LogP contribution in [0, 0.1) is 11.3 Å². The van der Waals surface area contributed by atoms with Gasteiger partial charge in [0.05, 0.1) is 6.04 Å². The Bertz CT molecular complexity index is 405. The van der Waals surface area contributed by atoms with Gasteiger partial charge in [0.15, 0.2) is 0 Å². The number of carbonyl (C=O) groups excluding carboxylic acids is 1. The van der Waals surface area contributed by atoms with Crippen LogP contribution in [0.25, 0.3) is 0 Å². The van der Waals surface area contributed by atoms with Crippen molar-refractivity contribution in [3.63, 3.8) is 0 Å². The molecule has 1 aliphatic carbocycles. The van der Waals surface area contributed by atoms with Crippen LogP contribution < -0.4 is 5.32 Å². The molecule has 0 spiro atoms. The fourth-order valence-corrected chi connectivity index (χ4v) is 3.59. The SMILES string of the molecule is CC(=O)[C@@H](NCC1C[C@@H]1c1cccs1)C(C)(C)C. The third-order valence-corrected chi connectivity index (χ3v) is 4.69. The van der Waals surface area contributed by atoms with Crippen LogP contribution in [0.2, 0.25) is 0 Å². The molecule has 1 aliphatic rings. The first-order valence-corrected chi connectivity index (χ1v) is 7.55. The molecule has 0 radical (unpaired) electrons. The van der Waals surface area contributed by atoms with Crippen molar-refractivity contribution in [3.05, 3.63) is 22.4 Å². The fourth-order valence-electron chi connectivity index (χ4n) is 2.65. The predicted octanol–water partition coefficient (Wildman–Crippen LogP) is 3.44. The molecule has 2 rings (SSSR count). The average Bonchev–Trinajstić information content (AvgIpc) is 2.81. The van der Waals surface area contributed by atoms with Gasteiger partial charge in [0.25, 0.3) is 0 Å². The van der Waals surface area contributed by atoms with Crippen molar-refractivity contribution in [3.8, 4) is 0 Å². The van der Waals surface area contributed by atoms with Crippen molar-refractivity contribution in [2.45, 2.75) is 46.1 Å². The summed E-state index contributed by atoms with van der Waals surface area (Å²) >= 11 is 1.85. The zero-order valence-corrected chi connectivity index (χ0v) is 12.5. The highest BCUT2D eigenvalue weighted by atomic mass is 32.1. The second-order valence-corrected chi connectivity index (χ2v) is 7.41. The lowest BCUT2D eigenvalue weighted by molar-refractivity contribution is -0.121. The lowest BCUT2D eigenvalue weighted by atomic mass is 9.84. The maximum Gasteiger partial charge on any atom is 0.147 e. The van der Waals surface area contributed by atoms with Gasteiger partial charge in [-0.15, -0.1) is 11.3 Å². The highest BCUT2D eigenvalue weighted by Gasteiger charge is 2.40. The van der Waals surface area contributed by atoms with E-state index in [0.29, 0.717) is 5.92 Å². The molecule has 0 saturated heterocycles. The molecule has 0 bridgehead atoms. The summed E-state index contributed by atoms with van der Waals surface area (Å²) in [5, 5.41) is 5.61.